The summed E-state index contributed by atoms with van der Waals surface area (Å²) in [7, 11) is 0. The molecule has 2 aromatic rings. The molecule has 0 amide bonds. The molecule has 98 valence electrons. The zero-order chi connectivity index (χ0) is 12.8. The van der Waals surface area contributed by atoms with Gasteiger partial charge in [-0.2, -0.15) is 0 Å². The molecule has 2 aliphatic rings. The van der Waals surface area contributed by atoms with E-state index < -0.39 is 0 Å². The number of halogens is 1. The van der Waals surface area contributed by atoms with Gasteiger partial charge in [-0.05, 0) is 40.5 Å². The van der Waals surface area contributed by atoms with Gasteiger partial charge in [-0.1, -0.05) is 0 Å². The first-order valence-electron chi connectivity index (χ1n) is 6.23. The molecule has 0 spiro atoms. The Morgan fingerprint density at radius 3 is 3.05 bits per heavy atom. The lowest BCUT2D eigenvalue weighted by Crippen LogP contribution is -2.17. The smallest absolute Gasteiger partial charge is 0.231 e. The highest BCUT2D eigenvalue weighted by atomic mass is 79.9. The van der Waals surface area contributed by atoms with E-state index in [-0.39, 0.29) is 0 Å². The van der Waals surface area contributed by atoms with Crippen LogP contribution in [0.2, 0.25) is 0 Å². The fraction of sp³-hybridized carbons (Fsp3) is 0.308. The third kappa shape index (κ3) is 1.70. The van der Waals surface area contributed by atoms with Crippen molar-refractivity contribution < 1.29 is 9.47 Å². The van der Waals surface area contributed by atoms with E-state index in [0.29, 0.717) is 6.79 Å². The molecule has 0 atom stereocenters. The van der Waals surface area contributed by atoms with Crippen molar-refractivity contribution in [1.29, 1.82) is 0 Å². The summed E-state index contributed by atoms with van der Waals surface area (Å²) in [6.45, 7) is 2.26. The van der Waals surface area contributed by atoms with Crippen LogP contribution in [0.5, 0.6) is 11.5 Å². The highest BCUT2D eigenvalue weighted by Gasteiger charge is 2.21. The number of imidazole rings is 1. The summed E-state index contributed by atoms with van der Waals surface area (Å²) < 4.78 is 13.9. The molecule has 6 heteroatoms. The molecule has 4 rings (SSSR count). The van der Waals surface area contributed by atoms with Crippen molar-refractivity contribution in [2.45, 2.75) is 13.0 Å². The van der Waals surface area contributed by atoms with E-state index in [1.807, 2.05) is 18.2 Å². The Bertz CT molecular complexity index is 654. The third-order valence-electron chi connectivity index (χ3n) is 3.39. The summed E-state index contributed by atoms with van der Waals surface area (Å²) in [6.07, 6.45) is 1.11. The second-order valence-corrected chi connectivity index (χ2v) is 5.33. The van der Waals surface area contributed by atoms with Crippen LogP contribution in [0.4, 0.5) is 5.95 Å². The highest BCUT2D eigenvalue weighted by molar-refractivity contribution is 9.10. The molecule has 1 aromatic heterocycles. The van der Waals surface area contributed by atoms with Crippen LogP contribution in [-0.2, 0) is 6.54 Å². The van der Waals surface area contributed by atoms with Gasteiger partial charge in [-0.15, -0.1) is 0 Å². The van der Waals surface area contributed by atoms with Gasteiger partial charge < -0.3 is 19.4 Å². The van der Waals surface area contributed by atoms with Crippen LogP contribution in [0.25, 0.3) is 11.3 Å². The zero-order valence-electron chi connectivity index (χ0n) is 10.1. The average Bonchev–Trinajstić information content (AvgIpc) is 3.03. The van der Waals surface area contributed by atoms with E-state index in [0.717, 1.165) is 52.8 Å². The first kappa shape index (κ1) is 11.2. The van der Waals surface area contributed by atoms with Crippen molar-refractivity contribution in [3.63, 3.8) is 0 Å². The summed E-state index contributed by atoms with van der Waals surface area (Å²) in [5, 5.41) is 3.31. The number of hydrogen-bond acceptors (Lipinski definition) is 4. The summed E-state index contributed by atoms with van der Waals surface area (Å²) in [6, 6.07) is 5.91. The molecule has 0 aliphatic carbocycles. The predicted octanol–water partition coefficient (Wildman–Crippen LogP) is 2.86. The van der Waals surface area contributed by atoms with Gasteiger partial charge in [0.1, 0.15) is 10.3 Å². The van der Waals surface area contributed by atoms with Crippen LogP contribution in [0, 0.1) is 0 Å². The van der Waals surface area contributed by atoms with Gasteiger partial charge in [0.15, 0.2) is 11.5 Å². The lowest BCUT2D eigenvalue weighted by Gasteiger charge is -2.15. The zero-order valence-corrected chi connectivity index (χ0v) is 11.7. The van der Waals surface area contributed by atoms with Crippen molar-refractivity contribution in [2.24, 2.45) is 0 Å². The van der Waals surface area contributed by atoms with E-state index in [2.05, 4.69) is 30.8 Å². The maximum atomic E-state index is 5.41. The van der Waals surface area contributed by atoms with Crippen molar-refractivity contribution in [3.05, 3.63) is 22.8 Å². The lowest BCUT2D eigenvalue weighted by molar-refractivity contribution is 0.174. The third-order valence-corrected chi connectivity index (χ3v) is 4.20. The van der Waals surface area contributed by atoms with Crippen LogP contribution < -0.4 is 14.8 Å². The van der Waals surface area contributed by atoms with Gasteiger partial charge >= 0.3 is 0 Å². The predicted molar refractivity (Wildman–Crippen MR) is 74.6 cm³/mol. The summed E-state index contributed by atoms with van der Waals surface area (Å²) in [4.78, 5) is 4.65. The second kappa shape index (κ2) is 4.16. The van der Waals surface area contributed by atoms with E-state index in [4.69, 9.17) is 9.47 Å². The minimum absolute atomic E-state index is 0.293. The van der Waals surface area contributed by atoms with E-state index >= 15 is 0 Å². The number of anilines is 1. The lowest BCUT2D eigenvalue weighted by atomic mass is 10.1. The molecule has 0 radical (unpaired) electrons. The number of nitrogens with one attached hydrogen (secondary N) is 1. The molecule has 2 aliphatic heterocycles. The van der Waals surface area contributed by atoms with Crippen molar-refractivity contribution in [1.82, 2.24) is 9.55 Å². The van der Waals surface area contributed by atoms with Gasteiger partial charge in [0.05, 0.1) is 0 Å². The van der Waals surface area contributed by atoms with Gasteiger partial charge in [0, 0.05) is 18.7 Å². The van der Waals surface area contributed by atoms with Crippen LogP contribution in [0.3, 0.4) is 0 Å². The van der Waals surface area contributed by atoms with Crippen LogP contribution in [-0.4, -0.2) is 22.9 Å². The quantitative estimate of drug-likeness (QED) is 0.877. The maximum absolute atomic E-state index is 5.41. The van der Waals surface area contributed by atoms with Crippen molar-refractivity contribution in [2.75, 3.05) is 18.7 Å². The van der Waals surface area contributed by atoms with Gasteiger partial charge in [-0.25, -0.2) is 4.98 Å². The number of fused-ring (bicyclic) bond motifs is 2. The molecule has 19 heavy (non-hydrogen) atoms. The molecule has 0 saturated heterocycles. The molecule has 0 unspecified atom stereocenters. The number of rotatable bonds is 1. The first-order chi connectivity index (χ1) is 9.33. The number of ether oxygens (including phenoxy) is 2. The Morgan fingerprint density at radius 1 is 1.26 bits per heavy atom. The second-order valence-electron chi connectivity index (χ2n) is 4.57. The maximum Gasteiger partial charge on any atom is 0.231 e. The first-order valence-corrected chi connectivity index (χ1v) is 7.02. The van der Waals surface area contributed by atoms with Crippen LogP contribution >= 0.6 is 15.9 Å². The monoisotopic (exact) mass is 321 g/mol. The van der Waals surface area contributed by atoms with Gasteiger partial charge in [-0.3, -0.25) is 0 Å². The highest BCUT2D eigenvalue weighted by Crippen LogP contribution is 2.38. The molecule has 1 aromatic carbocycles. The number of hydrogen-bond donors (Lipinski definition) is 1. The number of aromatic nitrogens is 2. The van der Waals surface area contributed by atoms with Crippen molar-refractivity contribution in [3.8, 4) is 22.8 Å². The van der Waals surface area contributed by atoms with Gasteiger partial charge in [0.2, 0.25) is 12.7 Å². The SMILES string of the molecule is Brc1c(-c2ccc3c(c2)OCO3)nc2n1CCCN2. The van der Waals surface area contributed by atoms with Crippen molar-refractivity contribution >= 4 is 21.9 Å². The molecular formula is C13H12BrN3O2. The van der Waals surface area contributed by atoms with E-state index in [1.165, 1.54) is 0 Å². The molecular weight excluding hydrogens is 310 g/mol. The molecule has 0 fully saturated rings. The topological polar surface area (TPSA) is 48.3 Å². The Hall–Kier alpha value is -1.69. The molecule has 1 N–H and O–H groups in total. The fourth-order valence-corrected chi connectivity index (χ4v) is 3.10. The minimum Gasteiger partial charge on any atom is -0.454 e. The minimum atomic E-state index is 0.293. The average molecular weight is 322 g/mol. The summed E-state index contributed by atoms with van der Waals surface area (Å²) in [5.41, 5.74) is 1.96. The molecule has 0 saturated carbocycles. The van der Waals surface area contributed by atoms with E-state index in [9.17, 15) is 0 Å². The fourth-order valence-electron chi connectivity index (χ4n) is 2.44. The molecule has 0 bridgehead atoms. The Kier molecular flexibility index (Phi) is 2.44. The number of nitrogens with zero attached hydrogens (tertiary/aromatic N) is 2. The molecule has 5 nitrogen and oxygen atoms in total. The Balaban J connectivity index is 1.82. The van der Waals surface area contributed by atoms with Crippen LogP contribution in [0.1, 0.15) is 6.42 Å². The summed E-state index contributed by atoms with van der Waals surface area (Å²) in [5.74, 6) is 2.50. The van der Waals surface area contributed by atoms with Crippen LogP contribution in [0.15, 0.2) is 22.8 Å². The van der Waals surface area contributed by atoms with E-state index in [1.54, 1.807) is 0 Å². The Morgan fingerprint density at radius 2 is 2.16 bits per heavy atom. The molecule has 3 heterocycles. The van der Waals surface area contributed by atoms with Gasteiger partial charge in [0.25, 0.3) is 0 Å². The summed E-state index contributed by atoms with van der Waals surface area (Å²) >= 11 is 3.64. The normalized spacial score (nSPS) is 16.1. The largest absolute Gasteiger partial charge is 0.454 e. The number of benzene rings is 1. The standard InChI is InChI=1S/C13H12BrN3O2/c14-12-11(16-13-15-4-1-5-17(12)13)8-2-3-9-10(6-8)19-7-18-9/h2-3,6H,1,4-5,7H2,(H,15,16). The Labute approximate surface area is 118 Å².